The smallest absolute Gasteiger partial charge is 0.264 e. The molecule has 4 fully saturated rings. The van der Waals surface area contributed by atoms with Gasteiger partial charge in [-0.1, -0.05) is 12.1 Å². The van der Waals surface area contributed by atoms with Gasteiger partial charge in [-0.05, 0) is 62.0 Å². The molecule has 1 aliphatic heterocycles. The van der Waals surface area contributed by atoms with Gasteiger partial charge in [0.2, 0.25) is 6.10 Å². The number of hydrogen-bond donors (Lipinski definition) is 2. The largest absolute Gasteiger partial charge is 0.485 e. The Morgan fingerprint density at radius 2 is 1.83 bits per heavy atom. The molecule has 4 aliphatic carbocycles. The van der Waals surface area contributed by atoms with Crippen molar-refractivity contribution in [1.82, 2.24) is 5.32 Å². The molecule has 3 unspecified atom stereocenters. The molecule has 4 saturated carbocycles. The summed E-state index contributed by atoms with van der Waals surface area (Å²) >= 11 is 0. The highest BCUT2D eigenvalue weighted by molar-refractivity contribution is 5.82. The first-order chi connectivity index (χ1) is 11.6. The molecule has 1 aromatic carbocycles. The first-order valence-corrected chi connectivity index (χ1v) is 9.01. The lowest BCUT2D eigenvalue weighted by Gasteiger charge is -2.58. The number of para-hydroxylation sites is 2. The van der Waals surface area contributed by atoms with E-state index in [1.807, 2.05) is 24.3 Å². The molecule has 5 heteroatoms. The number of rotatable bonds is 2. The summed E-state index contributed by atoms with van der Waals surface area (Å²) in [4.78, 5) is 12.7. The molecule has 1 amide bonds. The van der Waals surface area contributed by atoms with Gasteiger partial charge in [-0.15, -0.1) is 0 Å². The third-order valence-corrected chi connectivity index (χ3v) is 6.35. The quantitative estimate of drug-likeness (QED) is 0.869. The maximum Gasteiger partial charge on any atom is 0.264 e. The summed E-state index contributed by atoms with van der Waals surface area (Å²) in [5, 5.41) is 13.9. The minimum Gasteiger partial charge on any atom is -0.485 e. The van der Waals surface area contributed by atoms with Gasteiger partial charge in [0.15, 0.2) is 11.5 Å². The van der Waals surface area contributed by atoms with Crippen LogP contribution in [0.5, 0.6) is 11.5 Å². The van der Waals surface area contributed by atoms with Crippen LogP contribution >= 0.6 is 0 Å². The van der Waals surface area contributed by atoms with Crippen molar-refractivity contribution < 1.29 is 19.4 Å². The Kier molecular flexibility index (Phi) is 3.11. The highest BCUT2D eigenvalue weighted by Gasteiger charge is 2.55. The Labute approximate surface area is 141 Å². The number of carbonyl (C=O) groups excluding carboxylic acids is 1. The normalized spacial score (nSPS) is 42.0. The van der Waals surface area contributed by atoms with Crippen LogP contribution in [0.2, 0.25) is 0 Å². The van der Waals surface area contributed by atoms with E-state index in [9.17, 15) is 9.90 Å². The van der Waals surface area contributed by atoms with Crippen LogP contribution in [0.1, 0.15) is 32.1 Å². The maximum atomic E-state index is 12.7. The molecule has 4 bridgehead atoms. The van der Waals surface area contributed by atoms with Crippen LogP contribution in [0.25, 0.3) is 0 Å². The van der Waals surface area contributed by atoms with Crippen molar-refractivity contribution >= 4 is 5.91 Å². The Hall–Kier alpha value is -1.75. The molecule has 0 radical (unpaired) electrons. The van der Waals surface area contributed by atoms with E-state index in [0.717, 1.165) is 32.1 Å². The molecule has 0 aromatic heterocycles. The Morgan fingerprint density at radius 3 is 2.54 bits per heavy atom. The summed E-state index contributed by atoms with van der Waals surface area (Å²) in [6.07, 6.45) is 4.28. The lowest BCUT2D eigenvalue weighted by Crippen LogP contribution is -2.63. The zero-order valence-electron chi connectivity index (χ0n) is 13.6. The van der Waals surface area contributed by atoms with Gasteiger partial charge in [0.05, 0.1) is 5.60 Å². The van der Waals surface area contributed by atoms with Crippen molar-refractivity contribution in [3.8, 4) is 11.5 Å². The van der Waals surface area contributed by atoms with Crippen LogP contribution in [0, 0.1) is 17.8 Å². The number of carbonyl (C=O) groups is 1. The predicted molar refractivity (Wildman–Crippen MR) is 86.8 cm³/mol. The zero-order chi connectivity index (χ0) is 16.3. The monoisotopic (exact) mass is 329 g/mol. The van der Waals surface area contributed by atoms with E-state index in [-0.39, 0.29) is 18.6 Å². The second-order valence-electron chi connectivity index (χ2n) is 8.09. The van der Waals surface area contributed by atoms with Crippen molar-refractivity contribution in [1.29, 1.82) is 0 Å². The summed E-state index contributed by atoms with van der Waals surface area (Å²) in [6.45, 7) is 0.247. The van der Waals surface area contributed by atoms with Gasteiger partial charge in [0.1, 0.15) is 6.61 Å². The second kappa shape index (κ2) is 5.12. The van der Waals surface area contributed by atoms with Crippen LogP contribution in [0.15, 0.2) is 24.3 Å². The first-order valence-electron chi connectivity index (χ1n) is 9.01. The van der Waals surface area contributed by atoms with Gasteiger partial charge in [-0.25, -0.2) is 0 Å². The molecule has 0 saturated heterocycles. The van der Waals surface area contributed by atoms with Crippen molar-refractivity contribution in [2.24, 2.45) is 17.8 Å². The SMILES string of the molecule is O=C(NC1[C@@H]2CC3C[C@H]1C[C@](O)(C3)C2)C1COc2ccccc2O1. The zero-order valence-corrected chi connectivity index (χ0v) is 13.6. The van der Waals surface area contributed by atoms with Crippen molar-refractivity contribution in [2.75, 3.05) is 6.61 Å². The highest BCUT2D eigenvalue weighted by Crippen LogP contribution is 2.55. The molecular weight excluding hydrogens is 306 g/mol. The van der Waals surface area contributed by atoms with Gasteiger partial charge in [-0.3, -0.25) is 4.79 Å². The fourth-order valence-corrected chi connectivity index (χ4v) is 5.62. The summed E-state index contributed by atoms with van der Waals surface area (Å²) in [5.74, 6) is 2.68. The van der Waals surface area contributed by atoms with E-state index in [2.05, 4.69) is 5.32 Å². The predicted octanol–water partition coefficient (Wildman–Crippen LogP) is 1.88. The molecule has 5 nitrogen and oxygen atoms in total. The summed E-state index contributed by atoms with van der Waals surface area (Å²) in [6, 6.07) is 7.62. The Balaban J connectivity index is 1.28. The molecule has 5 aliphatic rings. The van der Waals surface area contributed by atoms with E-state index in [1.54, 1.807) is 0 Å². The van der Waals surface area contributed by atoms with Crippen molar-refractivity contribution in [2.45, 2.75) is 49.9 Å². The maximum absolute atomic E-state index is 12.7. The third kappa shape index (κ3) is 2.29. The molecule has 6 rings (SSSR count). The topological polar surface area (TPSA) is 67.8 Å². The van der Waals surface area contributed by atoms with E-state index in [0.29, 0.717) is 29.3 Å². The minimum atomic E-state index is -0.597. The molecule has 2 N–H and O–H groups in total. The van der Waals surface area contributed by atoms with Gasteiger partial charge >= 0.3 is 0 Å². The van der Waals surface area contributed by atoms with Crippen LogP contribution in [0.3, 0.4) is 0 Å². The Bertz CT molecular complexity index is 659. The van der Waals surface area contributed by atoms with E-state index in [4.69, 9.17) is 9.47 Å². The average Bonchev–Trinajstić information content (AvgIpc) is 2.56. The van der Waals surface area contributed by atoms with Crippen LogP contribution in [-0.4, -0.2) is 35.4 Å². The van der Waals surface area contributed by atoms with E-state index in [1.165, 1.54) is 0 Å². The van der Waals surface area contributed by atoms with E-state index < -0.39 is 11.7 Å². The van der Waals surface area contributed by atoms with Gasteiger partial charge in [0, 0.05) is 6.04 Å². The van der Waals surface area contributed by atoms with Gasteiger partial charge < -0.3 is 19.9 Å². The number of amides is 1. The van der Waals surface area contributed by atoms with Crippen molar-refractivity contribution in [3.05, 3.63) is 24.3 Å². The number of aliphatic hydroxyl groups is 1. The highest BCUT2D eigenvalue weighted by atomic mass is 16.6. The second-order valence-corrected chi connectivity index (χ2v) is 8.09. The standard InChI is InChI=1S/C19H23NO4/c21-18(16-10-23-14-3-1-2-4-15(14)24-16)20-17-12-5-11-6-13(17)9-19(22,7-11)8-12/h1-4,11-13,16-17,22H,5-10H2,(H,20,21)/t11?,12-,13+,16?,17?,19+. The minimum absolute atomic E-state index is 0.0889. The van der Waals surface area contributed by atoms with Gasteiger partial charge in [-0.2, -0.15) is 0 Å². The summed E-state index contributed by atoms with van der Waals surface area (Å²) < 4.78 is 11.5. The molecular formula is C19H23NO4. The van der Waals surface area contributed by atoms with Crippen LogP contribution in [-0.2, 0) is 4.79 Å². The number of nitrogens with one attached hydrogen (secondary N) is 1. The number of hydrogen-bond acceptors (Lipinski definition) is 4. The fourth-order valence-electron chi connectivity index (χ4n) is 5.62. The van der Waals surface area contributed by atoms with Crippen LogP contribution in [0.4, 0.5) is 0 Å². The summed E-state index contributed by atoms with van der Waals surface area (Å²) in [5.41, 5.74) is -0.471. The molecule has 1 aromatic rings. The van der Waals surface area contributed by atoms with Crippen LogP contribution < -0.4 is 14.8 Å². The lowest BCUT2D eigenvalue weighted by atomic mass is 9.52. The fraction of sp³-hybridized carbons (Fsp3) is 0.632. The average molecular weight is 329 g/mol. The first kappa shape index (κ1) is 14.6. The van der Waals surface area contributed by atoms with Gasteiger partial charge in [0.25, 0.3) is 5.91 Å². The molecule has 6 atom stereocenters. The molecule has 1 heterocycles. The lowest BCUT2D eigenvalue weighted by molar-refractivity contribution is -0.150. The van der Waals surface area contributed by atoms with Crippen molar-refractivity contribution in [3.63, 3.8) is 0 Å². The molecule has 24 heavy (non-hydrogen) atoms. The molecule has 0 spiro atoms. The number of ether oxygens (including phenoxy) is 2. The van der Waals surface area contributed by atoms with E-state index >= 15 is 0 Å². The Morgan fingerprint density at radius 1 is 1.12 bits per heavy atom. The number of benzene rings is 1. The summed E-state index contributed by atoms with van der Waals surface area (Å²) in [7, 11) is 0. The third-order valence-electron chi connectivity index (χ3n) is 6.35. The molecule has 128 valence electrons. The number of fused-ring (bicyclic) bond motifs is 1.